The third-order valence-corrected chi connectivity index (χ3v) is 7.12. The zero-order chi connectivity index (χ0) is 17.1. The summed E-state index contributed by atoms with van der Waals surface area (Å²) in [6, 6.07) is 4.28. The number of carbonyl (C=O) groups is 1. The normalized spacial score (nSPS) is 34.8. The molecule has 3 aliphatic carbocycles. The van der Waals surface area contributed by atoms with E-state index in [1.807, 2.05) is 20.2 Å². The lowest BCUT2D eigenvalue weighted by atomic mass is 9.55. The van der Waals surface area contributed by atoms with Gasteiger partial charge in [0, 0.05) is 23.9 Å². The van der Waals surface area contributed by atoms with Crippen LogP contribution >= 0.6 is 0 Å². The average Bonchev–Trinajstić information content (AvgIpc) is 2.83. The second-order valence-corrected chi connectivity index (χ2v) is 8.75. The van der Waals surface area contributed by atoms with Gasteiger partial charge in [0.05, 0.1) is 0 Å². The van der Waals surface area contributed by atoms with Crippen LogP contribution in [0.5, 0.6) is 5.75 Å². The number of rotatable bonds is 2. The predicted molar refractivity (Wildman–Crippen MR) is 95.1 cm³/mol. The monoisotopic (exact) mass is 327 g/mol. The Bertz CT molecular complexity index is 681. The first-order valence-corrected chi connectivity index (χ1v) is 9.43. The summed E-state index contributed by atoms with van der Waals surface area (Å²) >= 11 is 0. The Hall–Kier alpha value is -1.35. The minimum Gasteiger partial charge on any atom is -0.508 e. The molecule has 0 spiro atoms. The number of Topliss-reactive ketones (excluding diaryl/α,β-unsaturated/α-hetero) is 1. The first kappa shape index (κ1) is 16.1. The van der Waals surface area contributed by atoms with Crippen molar-refractivity contribution >= 4 is 5.78 Å². The molecule has 4 atom stereocenters. The fourth-order valence-electron chi connectivity index (χ4n) is 5.89. The summed E-state index contributed by atoms with van der Waals surface area (Å²) in [5.74, 6) is 2.76. The van der Waals surface area contributed by atoms with E-state index >= 15 is 0 Å². The summed E-state index contributed by atoms with van der Waals surface area (Å²) in [5.41, 5.74) is 3.78. The van der Waals surface area contributed by atoms with E-state index in [1.165, 1.54) is 17.5 Å². The van der Waals surface area contributed by atoms with Crippen molar-refractivity contribution in [1.82, 2.24) is 4.90 Å². The molecule has 3 aliphatic rings. The van der Waals surface area contributed by atoms with Crippen LogP contribution in [0.25, 0.3) is 0 Å². The van der Waals surface area contributed by atoms with Gasteiger partial charge in [0.25, 0.3) is 0 Å². The lowest BCUT2D eigenvalue weighted by Crippen LogP contribution is -2.42. The number of phenolic OH excluding ortho intramolecular Hbond substituents is 1. The second kappa shape index (κ2) is 5.59. The van der Waals surface area contributed by atoms with Crippen LogP contribution < -0.4 is 0 Å². The lowest BCUT2D eigenvalue weighted by molar-refractivity contribution is -0.129. The number of nitrogens with zero attached hydrogens (tertiary/aromatic N) is 1. The first-order chi connectivity index (χ1) is 11.4. The van der Waals surface area contributed by atoms with E-state index in [2.05, 4.69) is 17.9 Å². The molecular weight excluding hydrogens is 298 g/mol. The van der Waals surface area contributed by atoms with E-state index in [0.29, 0.717) is 29.3 Å². The fraction of sp³-hybridized carbons (Fsp3) is 0.667. The topological polar surface area (TPSA) is 40.5 Å². The summed E-state index contributed by atoms with van der Waals surface area (Å²) in [4.78, 5) is 14.5. The molecule has 2 fully saturated rings. The van der Waals surface area contributed by atoms with Crippen molar-refractivity contribution in [3.8, 4) is 5.75 Å². The van der Waals surface area contributed by atoms with Crippen molar-refractivity contribution in [3.63, 3.8) is 0 Å². The highest BCUT2D eigenvalue weighted by atomic mass is 16.3. The van der Waals surface area contributed by atoms with Gasteiger partial charge in [-0.1, -0.05) is 13.0 Å². The third kappa shape index (κ3) is 2.32. The zero-order valence-electron chi connectivity index (χ0n) is 15.1. The molecule has 130 valence electrons. The van der Waals surface area contributed by atoms with E-state index in [1.54, 1.807) is 0 Å². The van der Waals surface area contributed by atoms with E-state index in [4.69, 9.17) is 0 Å². The van der Waals surface area contributed by atoms with Crippen molar-refractivity contribution in [2.24, 2.45) is 17.3 Å². The van der Waals surface area contributed by atoms with E-state index < -0.39 is 0 Å². The van der Waals surface area contributed by atoms with Crippen molar-refractivity contribution in [2.45, 2.75) is 57.9 Å². The summed E-state index contributed by atoms with van der Waals surface area (Å²) in [7, 11) is 4.08. The van der Waals surface area contributed by atoms with E-state index in [-0.39, 0.29) is 5.41 Å². The molecule has 0 radical (unpaired) electrons. The van der Waals surface area contributed by atoms with Crippen LogP contribution in [-0.4, -0.2) is 29.9 Å². The molecule has 0 amide bonds. The maximum Gasteiger partial charge on any atom is 0.139 e. The van der Waals surface area contributed by atoms with Gasteiger partial charge in [0.1, 0.15) is 11.5 Å². The zero-order valence-corrected chi connectivity index (χ0v) is 15.1. The largest absolute Gasteiger partial charge is 0.508 e. The minimum absolute atomic E-state index is 0.0535. The van der Waals surface area contributed by atoms with Gasteiger partial charge in [-0.15, -0.1) is 0 Å². The summed E-state index contributed by atoms with van der Waals surface area (Å²) in [5, 5.41) is 10.4. The molecule has 1 N–H and O–H groups in total. The molecule has 0 saturated heterocycles. The average molecular weight is 327 g/mol. The number of aromatic hydroxyl groups is 1. The highest BCUT2D eigenvalue weighted by Crippen LogP contribution is 2.59. The molecule has 2 saturated carbocycles. The van der Waals surface area contributed by atoms with Crippen LogP contribution in [0.4, 0.5) is 0 Å². The Morgan fingerprint density at radius 1 is 1.21 bits per heavy atom. The molecule has 1 aromatic carbocycles. The van der Waals surface area contributed by atoms with Gasteiger partial charge >= 0.3 is 0 Å². The SMILES string of the molecule is CN(C)Cc1cc2c(cc1O)CC[C@@H]1[C@@H]2CC[C@]2(C)C(=O)CC[C@@H]12. The van der Waals surface area contributed by atoms with Crippen molar-refractivity contribution in [3.05, 3.63) is 28.8 Å². The number of ketones is 1. The van der Waals surface area contributed by atoms with E-state index in [0.717, 1.165) is 44.2 Å². The number of benzene rings is 1. The smallest absolute Gasteiger partial charge is 0.139 e. The second-order valence-electron chi connectivity index (χ2n) is 8.75. The Balaban J connectivity index is 1.70. The number of carbonyl (C=O) groups excluding carboxylic acids is 1. The molecule has 0 heterocycles. The van der Waals surface area contributed by atoms with Gasteiger partial charge in [-0.05, 0) is 81.1 Å². The standard InChI is InChI=1S/C21H29NO2/c1-21-9-8-15-16(18(21)6-7-20(21)24)5-4-13-11-19(23)14(10-17(13)15)12-22(2)3/h10-11,15-16,18,23H,4-9,12H2,1-3H3/t15-,16+,18-,21-/m0/s1. The maximum absolute atomic E-state index is 12.4. The van der Waals surface area contributed by atoms with Crippen LogP contribution in [0.15, 0.2) is 12.1 Å². The number of aryl methyl sites for hydroxylation is 1. The molecule has 4 rings (SSSR count). The minimum atomic E-state index is -0.0535. The Kier molecular flexibility index (Phi) is 3.76. The highest BCUT2D eigenvalue weighted by Gasteiger charge is 2.54. The maximum atomic E-state index is 12.4. The van der Waals surface area contributed by atoms with Crippen molar-refractivity contribution in [1.29, 1.82) is 0 Å². The van der Waals surface area contributed by atoms with Crippen LogP contribution in [0.2, 0.25) is 0 Å². The summed E-state index contributed by atoms with van der Waals surface area (Å²) < 4.78 is 0. The number of fused-ring (bicyclic) bond motifs is 5. The summed E-state index contributed by atoms with van der Waals surface area (Å²) in [6.45, 7) is 3.00. The van der Waals surface area contributed by atoms with Gasteiger partial charge in [-0.2, -0.15) is 0 Å². The van der Waals surface area contributed by atoms with Crippen LogP contribution in [0.3, 0.4) is 0 Å². The number of hydrogen-bond acceptors (Lipinski definition) is 3. The Morgan fingerprint density at radius 3 is 2.75 bits per heavy atom. The molecule has 3 nitrogen and oxygen atoms in total. The highest BCUT2D eigenvalue weighted by molar-refractivity contribution is 5.87. The lowest BCUT2D eigenvalue weighted by Gasteiger charge is -2.48. The molecule has 24 heavy (non-hydrogen) atoms. The molecule has 3 heteroatoms. The fourth-order valence-corrected chi connectivity index (χ4v) is 5.89. The number of phenols is 1. The van der Waals surface area contributed by atoms with Crippen molar-refractivity contribution in [2.75, 3.05) is 14.1 Å². The third-order valence-electron chi connectivity index (χ3n) is 7.12. The molecule has 0 aliphatic heterocycles. The van der Waals surface area contributed by atoms with Gasteiger partial charge < -0.3 is 10.0 Å². The molecule has 0 bridgehead atoms. The Morgan fingerprint density at radius 2 is 2.00 bits per heavy atom. The quantitative estimate of drug-likeness (QED) is 0.896. The summed E-state index contributed by atoms with van der Waals surface area (Å²) in [6.07, 6.45) is 6.28. The van der Waals surface area contributed by atoms with Crippen LogP contribution in [0.1, 0.15) is 61.6 Å². The van der Waals surface area contributed by atoms with Crippen molar-refractivity contribution < 1.29 is 9.90 Å². The van der Waals surface area contributed by atoms with Crippen LogP contribution in [0, 0.1) is 17.3 Å². The Labute approximate surface area is 145 Å². The van der Waals surface area contributed by atoms with Gasteiger partial charge in [-0.3, -0.25) is 4.79 Å². The molecule has 0 aromatic heterocycles. The van der Waals surface area contributed by atoms with E-state index in [9.17, 15) is 9.90 Å². The van der Waals surface area contributed by atoms with Gasteiger partial charge in [0.15, 0.2) is 0 Å². The molecular formula is C21H29NO2. The van der Waals surface area contributed by atoms with Crippen LogP contribution in [-0.2, 0) is 17.8 Å². The first-order valence-electron chi connectivity index (χ1n) is 9.43. The number of hydrogen-bond donors (Lipinski definition) is 1. The predicted octanol–water partition coefficient (Wildman–Crippen LogP) is 3.88. The molecule has 0 unspecified atom stereocenters. The van der Waals surface area contributed by atoms with Gasteiger partial charge in [0.2, 0.25) is 0 Å². The molecule has 1 aromatic rings. The van der Waals surface area contributed by atoms with Gasteiger partial charge in [-0.25, -0.2) is 0 Å².